The SMILES string of the molecule is CCCCC/C=C\C/C=C\CCCCCCCCCCCC(=O)OC(COC(=O)CCCCCCC/C=C\C/C=C\CCCCCC)COC(=O)CCCCCCCCCCCCCCCCCCC/C=C\CCCCCCCCCC. The van der Waals surface area contributed by atoms with Gasteiger partial charge in [0, 0.05) is 19.3 Å². The number of rotatable bonds is 67. The summed E-state index contributed by atoms with van der Waals surface area (Å²) in [5, 5.41) is 0. The van der Waals surface area contributed by atoms with Gasteiger partial charge in [0.15, 0.2) is 6.10 Å². The second-order valence-corrected chi connectivity index (χ2v) is 24.5. The minimum atomic E-state index is -0.783. The zero-order valence-electron chi connectivity index (χ0n) is 55.0. The van der Waals surface area contributed by atoms with Crippen molar-refractivity contribution in [3.05, 3.63) is 60.8 Å². The van der Waals surface area contributed by atoms with Crippen molar-refractivity contribution in [1.82, 2.24) is 0 Å². The van der Waals surface area contributed by atoms with Gasteiger partial charge in [0.25, 0.3) is 0 Å². The lowest BCUT2D eigenvalue weighted by molar-refractivity contribution is -0.167. The van der Waals surface area contributed by atoms with E-state index in [2.05, 4.69) is 81.5 Å². The van der Waals surface area contributed by atoms with Crippen LogP contribution in [0.15, 0.2) is 60.8 Å². The molecular weight excluding hydrogens is 1010 g/mol. The number of carbonyl (C=O) groups is 3. The fourth-order valence-corrected chi connectivity index (χ4v) is 10.7. The standard InChI is InChI=1S/C76H138O6/c1-4-7-10-13-16-19-22-25-28-31-33-34-35-36-37-38-39-40-41-42-44-45-48-51-54-57-60-63-66-69-75(78)81-72-73(71-80-74(77)68-65-62-59-56-53-50-47-30-27-24-21-18-15-12-9-6-3)82-76(79)70-67-64-61-58-55-52-49-46-43-32-29-26-23-20-17-14-11-8-5-2/h17,20-21,24,26,29-31,33,47,73H,4-16,18-19,22-23,25,27-28,32,34-46,48-72H2,1-3H3/b20-17-,24-21-,29-26-,33-31-,47-30-. The maximum absolute atomic E-state index is 13.0. The molecule has 0 spiro atoms. The van der Waals surface area contributed by atoms with Gasteiger partial charge in [0.2, 0.25) is 0 Å². The number of ether oxygens (including phenoxy) is 3. The number of allylic oxidation sites excluding steroid dienone is 10. The van der Waals surface area contributed by atoms with E-state index in [1.54, 1.807) is 0 Å². The van der Waals surface area contributed by atoms with E-state index in [-0.39, 0.29) is 31.1 Å². The van der Waals surface area contributed by atoms with E-state index in [0.717, 1.165) is 83.5 Å². The molecule has 0 saturated carbocycles. The number of hydrogen-bond donors (Lipinski definition) is 0. The molecule has 0 N–H and O–H groups in total. The van der Waals surface area contributed by atoms with Crippen LogP contribution in [0.1, 0.15) is 387 Å². The minimum Gasteiger partial charge on any atom is -0.462 e. The average molecular weight is 1150 g/mol. The highest BCUT2D eigenvalue weighted by molar-refractivity contribution is 5.71. The Morgan fingerprint density at radius 3 is 0.720 bits per heavy atom. The summed E-state index contributed by atoms with van der Waals surface area (Å²) in [6, 6.07) is 0. The molecule has 0 saturated heterocycles. The van der Waals surface area contributed by atoms with E-state index in [1.807, 2.05) is 0 Å². The smallest absolute Gasteiger partial charge is 0.306 e. The molecule has 0 heterocycles. The van der Waals surface area contributed by atoms with Crippen LogP contribution in [-0.4, -0.2) is 37.2 Å². The van der Waals surface area contributed by atoms with Crippen molar-refractivity contribution in [1.29, 1.82) is 0 Å². The molecule has 0 radical (unpaired) electrons. The first-order valence-corrected chi connectivity index (χ1v) is 36.3. The summed E-state index contributed by atoms with van der Waals surface area (Å²) in [6.07, 6.45) is 91.1. The predicted molar refractivity (Wildman–Crippen MR) is 358 cm³/mol. The van der Waals surface area contributed by atoms with Crippen molar-refractivity contribution in [2.45, 2.75) is 393 Å². The molecule has 0 amide bonds. The minimum absolute atomic E-state index is 0.0772. The lowest BCUT2D eigenvalue weighted by Gasteiger charge is -2.18. The lowest BCUT2D eigenvalue weighted by Crippen LogP contribution is -2.30. The molecule has 0 rings (SSSR count). The third-order valence-corrected chi connectivity index (χ3v) is 16.2. The predicted octanol–water partition coefficient (Wildman–Crippen LogP) is 25.1. The largest absolute Gasteiger partial charge is 0.462 e. The van der Waals surface area contributed by atoms with E-state index in [9.17, 15) is 14.4 Å². The van der Waals surface area contributed by atoms with Crippen LogP contribution in [0.5, 0.6) is 0 Å². The maximum Gasteiger partial charge on any atom is 0.306 e. The number of esters is 3. The molecule has 0 aromatic heterocycles. The van der Waals surface area contributed by atoms with Gasteiger partial charge in [-0.1, -0.05) is 319 Å². The van der Waals surface area contributed by atoms with E-state index < -0.39 is 6.10 Å². The Labute approximate surface area is 510 Å². The second kappa shape index (κ2) is 70.6. The first-order valence-electron chi connectivity index (χ1n) is 36.3. The van der Waals surface area contributed by atoms with Crippen molar-refractivity contribution in [3.63, 3.8) is 0 Å². The summed E-state index contributed by atoms with van der Waals surface area (Å²) in [7, 11) is 0. The van der Waals surface area contributed by atoms with Crippen LogP contribution in [0.3, 0.4) is 0 Å². The summed E-state index contributed by atoms with van der Waals surface area (Å²) in [5.74, 6) is -0.872. The molecule has 1 atom stereocenters. The van der Waals surface area contributed by atoms with Gasteiger partial charge in [-0.15, -0.1) is 0 Å². The summed E-state index contributed by atoms with van der Waals surface area (Å²) in [5.41, 5.74) is 0. The van der Waals surface area contributed by atoms with Crippen LogP contribution in [0.2, 0.25) is 0 Å². The molecule has 82 heavy (non-hydrogen) atoms. The van der Waals surface area contributed by atoms with Gasteiger partial charge in [0.1, 0.15) is 13.2 Å². The van der Waals surface area contributed by atoms with Crippen LogP contribution in [-0.2, 0) is 28.6 Å². The lowest BCUT2D eigenvalue weighted by atomic mass is 10.0. The van der Waals surface area contributed by atoms with Gasteiger partial charge in [-0.3, -0.25) is 14.4 Å². The van der Waals surface area contributed by atoms with Gasteiger partial charge < -0.3 is 14.2 Å². The zero-order chi connectivity index (χ0) is 59.2. The highest BCUT2D eigenvalue weighted by atomic mass is 16.6. The van der Waals surface area contributed by atoms with Gasteiger partial charge >= 0.3 is 17.9 Å². The molecule has 1 unspecified atom stereocenters. The van der Waals surface area contributed by atoms with Crippen LogP contribution in [0, 0.1) is 0 Å². The molecule has 0 aromatic rings. The first-order chi connectivity index (χ1) is 40.5. The molecule has 0 fully saturated rings. The van der Waals surface area contributed by atoms with Crippen LogP contribution in [0.4, 0.5) is 0 Å². The van der Waals surface area contributed by atoms with Crippen molar-refractivity contribution in [3.8, 4) is 0 Å². The molecule has 0 aliphatic rings. The monoisotopic (exact) mass is 1150 g/mol. The Hall–Kier alpha value is -2.89. The van der Waals surface area contributed by atoms with Crippen LogP contribution < -0.4 is 0 Å². The molecule has 0 bridgehead atoms. The average Bonchev–Trinajstić information content (AvgIpc) is 3.47. The number of unbranched alkanes of at least 4 members (excludes halogenated alkanes) is 46. The third-order valence-electron chi connectivity index (χ3n) is 16.2. The van der Waals surface area contributed by atoms with E-state index >= 15 is 0 Å². The zero-order valence-corrected chi connectivity index (χ0v) is 55.0. The topological polar surface area (TPSA) is 78.9 Å². The molecule has 478 valence electrons. The van der Waals surface area contributed by atoms with Crippen molar-refractivity contribution in [2.75, 3.05) is 13.2 Å². The molecular formula is C76H138O6. The fraction of sp³-hybridized carbons (Fsp3) is 0.829. The molecule has 0 aromatic carbocycles. The summed E-state index contributed by atoms with van der Waals surface area (Å²) in [4.78, 5) is 38.5. The normalized spacial score (nSPS) is 12.4. The Balaban J connectivity index is 4.25. The van der Waals surface area contributed by atoms with Crippen molar-refractivity contribution < 1.29 is 28.6 Å². The first kappa shape index (κ1) is 79.1. The van der Waals surface area contributed by atoms with Crippen LogP contribution in [0.25, 0.3) is 0 Å². The Morgan fingerprint density at radius 1 is 0.244 bits per heavy atom. The van der Waals surface area contributed by atoms with Gasteiger partial charge in [-0.2, -0.15) is 0 Å². The highest BCUT2D eigenvalue weighted by Crippen LogP contribution is 2.18. The number of carbonyl (C=O) groups excluding carboxylic acids is 3. The van der Waals surface area contributed by atoms with E-state index in [1.165, 1.54) is 263 Å². The summed E-state index contributed by atoms with van der Waals surface area (Å²) >= 11 is 0. The van der Waals surface area contributed by atoms with Gasteiger partial charge in [0.05, 0.1) is 0 Å². The summed E-state index contributed by atoms with van der Waals surface area (Å²) < 4.78 is 17.0. The fourth-order valence-electron chi connectivity index (χ4n) is 10.7. The van der Waals surface area contributed by atoms with Crippen molar-refractivity contribution >= 4 is 17.9 Å². The van der Waals surface area contributed by atoms with E-state index in [4.69, 9.17) is 14.2 Å². The van der Waals surface area contributed by atoms with E-state index in [0.29, 0.717) is 19.3 Å². The Bertz CT molecular complexity index is 1460. The van der Waals surface area contributed by atoms with Gasteiger partial charge in [-0.05, 0) is 109 Å². The molecule has 0 aliphatic carbocycles. The van der Waals surface area contributed by atoms with Crippen molar-refractivity contribution in [2.24, 2.45) is 0 Å². The molecule has 0 aliphatic heterocycles. The Kier molecular flexibility index (Phi) is 68.1. The second-order valence-electron chi connectivity index (χ2n) is 24.5. The maximum atomic E-state index is 13.0. The van der Waals surface area contributed by atoms with Crippen LogP contribution >= 0.6 is 0 Å². The third kappa shape index (κ3) is 67.9. The number of hydrogen-bond acceptors (Lipinski definition) is 6. The Morgan fingerprint density at radius 2 is 0.439 bits per heavy atom. The van der Waals surface area contributed by atoms with Gasteiger partial charge in [-0.25, -0.2) is 0 Å². The molecule has 6 heteroatoms. The summed E-state index contributed by atoms with van der Waals surface area (Å²) in [6.45, 7) is 6.64. The quantitative estimate of drug-likeness (QED) is 0.0261. The molecule has 6 nitrogen and oxygen atoms in total. The highest BCUT2D eigenvalue weighted by Gasteiger charge is 2.19.